The first-order valence-electron chi connectivity index (χ1n) is 5.76. The number of benzene rings is 1. The van der Waals surface area contributed by atoms with Crippen molar-refractivity contribution in [3.8, 4) is 0 Å². The van der Waals surface area contributed by atoms with Gasteiger partial charge < -0.3 is 5.32 Å². The quantitative estimate of drug-likeness (QED) is 0.765. The Labute approximate surface area is 96.4 Å². The molecule has 2 rings (SSSR count). The van der Waals surface area contributed by atoms with Crippen molar-refractivity contribution < 1.29 is 4.79 Å². The smallest absolute Gasteiger partial charge is 0.165 e. The molecule has 0 radical (unpaired) electrons. The van der Waals surface area contributed by atoms with Crippen molar-refractivity contribution in [3.05, 3.63) is 41.5 Å². The van der Waals surface area contributed by atoms with Gasteiger partial charge in [0.1, 0.15) is 0 Å². The van der Waals surface area contributed by atoms with Gasteiger partial charge in [-0.3, -0.25) is 4.79 Å². The van der Waals surface area contributed by atoms with E-state index in [0.29, 0.717) is 11.7 Å². The van der Waals surface area contributed by atoms with E-state index in [4.69, 9.17) is 0 Å². The lowest BCUT2D eigenvalue weighted by Crippen LogP contribution is -2.03. The minimum atomic E-state index is 0.311. The molecule has 0 heterocycles. The van der Waals surface area contributed by atoms with E-state index < -0.39 is 0 Å². The first-order valence-corrected chi connectivity index (χ1v) is 5.76. The van der Waals surface area contributed by atoms with Gasteiger partial charge in [0, 0.05) is 18.0 Å². The van der Waals surface area contributed by atoms with E-state index >= 15 is 0 Å². The molecular weight excluding hydrogens is 198 g/mol. The number of likely N-dealkylation sites (N-methyl/N-ethyl adjacent to an activating group) is 1. The van der Waals surface area contributed by atoms with Crippen LogP contribution in [0, 0.1) is 5.92 Å². The van der Waals surface area contributed by atoms with E-state index in [0.717, 1.165) is 30.5 Å². The average molecular weight is 215 g/mol. The fraction of sp³-hybridized carbons (Fsp3) is 0.357. The highest BCUT2D eigenvalue weighted by atomic mass is 16.1. The maximum absolute atomic E-state index is 11.8. The van der Waals surface area contributed by atoms with Gasteiger partial charge in [-0.25, -0.2) is 0 Å². The summed E-state index contributed by atoms with van der Waals surface area (Å²) in [4.78, 5) is 11.8. The number of Topliss-reactive ketones (excluding diaryl/α,β-unsaturated/α-hetero) is 1. The van der Waals surface area contributed by atoms with Gasteiger partial charge in [0.15, 0.2) is 5.78 Å². The van der Waals surface area contributed by atoms with Crippen molar-refractivity contribution in [2.75, 3.05) is 13.6 Å². The zero-order valence-corrected chi connectivity index (χ0v) is 9.57. The molecule has 0 aromatic heterocycles. The largest absolute Gasteiger partial charge is 0.316 e. The highest BCUT2D eigenvalue weighted by Gasteiger charge is 2.30. The maximum atomic E-state index is 11.8. The van der Waals surface area contributed by atoms with Crippen molar-refractivity contribution in [1.29, 1.82) is 0 Å². The second kappa shape index (κ2) is 5.08. The van der Waals surface area contributed by atoms with Crippen molar-refractivity contribution >= 4 is 11.9 Å². The second-order valence-corrected chi connectivity index (χ2v) is 4.22. The van der Waals surface area contributed by atoms with Crippen LogP contribution >= 0.6 is 0 Å². The Morgan fingerprint density at radius 2 is 2.06 bits per heavy atom. The number of carbonyl (C=O) groups excluding carboxylic acids is 1. The van der Waals surface area contributed by atoms with Gasteiger partial charge in [0.05, 0.1) is 0 Å². The predicted octanol–water partition coefficient (Wildman–Crippen LogP) is 2.51. The SMILES string of the molecule is CNCC=Cc1ccc(C(=O)C2CC2)cc1. The Balaban J connectivity index is 2.01. The minimum Gasteiger partial charge on any atom is -0.316 e. The summed E-state index contributed by atoms with van der Waals surface area (Å²) in [6.45, 7) is 0.864. The van der Waals surface area contributed by atoms with Crippen LogP contribution in [-0.2, 0) is 0 Å². The first kappa shape index (κ1) is 11.1. The minimum absolute atomic E-state index is 0.311. The first-order chi connectivity index (χ1) is 7.81. The lowest BCUT2D eigenvalue weighted by atomic mass is 10.1. The Hall–Kier alpha value is -1.41. The van der Waals surface area contributed by atoms with Gasteiger partial charge in [-0.1, -0.05) is 36.4 Å². The summed E-state index contributed by atoms with van der Waals surface area (Å²) >= 11 is 0. The van der Waals surface area contributed by atoms with Crippen LogP contribution < -0.4 is 5.32 Å². The molecule has 84 valence electrons. The number of ketones is 1. The fourth-order valence-electron chi connectivity index (χ4n) is 1.65. The van der Waals surface area contributed by atoms with Crippen molar-refractivity contribution in [3.63, 3.8) is 0 Å². The van der Waals surface area contributed by atoms with Crippen LogP contribution in [0.25, 0.3) is 6.08 Å². The van der Waals surface area contributed by atoms with Crippen LogP contribution in [-0.4, -0.2) is 19.4 Å². The highest BCUT2D eigenvalue weighted by molar-refractivity contribution is 5.99. The lowest BCUT2D eigenvalue weighted by Gasteiger charge is -1.99. The molecule has 1 aliphatic carbocycles. The summed E-state index contributed by atoms with van der Waals surface area (Å²) in [5, 5.41) is 3.05. The van der Waals surface area contributed by atoms with E-state index in [2.05, 4.69) is 17.5 Å². The van der Waals surface area contributed by atoms with Crippen LogP contribution in [0.2, 0.25) is 0 Å². The molecule has 0 atom stereocenters. The third kappa shape index (κ3) is 2.80. The van der Waals surface area contributed by atoms with E-state index in [1.807, 2.05) is 31.3 Å². The van der Waals surface area contributed by atoms with Crippen LogP contribution in [0.15, 0.2) is 30.3 Å². The van der Waals surface area contributed by atoms with Gasteiger partial charge in [-0.2, -0.15) is 0 Å². The number of hydrogen-bond acceptors (Lipinski definition) is 2. The Morgan fingerprint density at radius 3 is 2.62 bits per heavy atom. The number of hydrogen-bond donors (Lipinski definition) is 1. The summed E-state index contributed by atoms with van der Waals surface area (Å²) in [6, 6.07) is 7.86. The molecule has 0 spiro atoms. The van der Waals surface area contributed by atoms with Crippen LogP contribution in [0.1, 0.15) is 28.8 Å². The molecule has 0 amide bonds. The standard InChI is InChI=1S/C14H17NO/c1-15-10-2-3-11-4-6-12(7-5-11)14(16)13-8-9-13/h2-7,13,15H,8-10H2,1H3. The van der Waals surface area contributed by atoms with Crippen molar-refractivity contribution in [1.82, 2.24) is 5.32 Å². The monoisotopic (exact) mass is 215 g/mol. The van der Waals surface area contributed by atoms with Crippen molar-refractivity contribution in [2.45, 2.75) is 12.8 Å². The fourth-order valence-corrected chi connectivity index (χ4v) is 1.65. The van der Waals surface area contributed by atoms with Gasteiger partial charge in [-0.15, -0.1) is 0 Å². The van der Waals surface area contributed by atoms with E-state index in [-0.39, 0.29) is 0 Å². The molecule has 1 aliphatic rings. The van der Waals surface area contributed by atoms with E-state index in [9.17, 15) is 4.79 Å². The zero-order chi connectivity index (χ0) is 11.4. The van der Waals surface area contributed by atoms with Crippen LogP contribution in [0.3, 0.4) is 0 Å². The lowest BCUT2D eigenvalue weighted by molar-refractivity contribution is 0.0967. The molecule has 16 heavy (non-hydrogen) atoms. The summed E-state index contributed by atoms with van der Waals surface area (Å²) in [5.74, 6) is 0.622. The number of rotatable bonds is 5. The molecule has 0 bridgehead atoms. The Kier molecular flexibility index (Phi) is 3.52. The van der Waals surface area contributed by atoms with E-state index in [1.165, 1.54) is 0 Å². The molecule has 0 saturated heterocycles. The Bertz CT molecular complexity index is 388. The number of carbonyl (C=O) groups is 1. The van der Waals surface area contributed by atoms with E-state index in [1.54, 1.807) is 0 Å². The van der Waals surface area contributed by atoms with Gasteiger partial charge >= 0.3 is 0 Å². The highest BCUT2D eigenvalue weighted by Crippen LogP contribution is 2.32. The van der Waals surface area contributed by atoms with Gasteiger partial charge in [0.25, 0.3) is 0 Å². The Morgan fingerprint density at radius 1 is 1.38 bits per heavy atom. The molecule has 1 fully saturated rings. The van der Waals surface area contributed by atoms with Crippen molar-refractivity contribution in [2.24, 2.45) is 5.92 Å². The molecule has 1 N–H and O–H groups in total. The third-order valence-electron chi connectivity index (χ3n) is 2.78. The molecule has 1 aromatic carbocycles. The molecule has 0 unspecified atom stereocenters. The predicted molar refractivity (Wildman–Crippen MR) is 66.5 cm³/mol. The molecule has 2 nitrogen and oxygen atoms in total. The molecule has 2 heteroatoms. The normalized spacial score (nSPS) is 15.6. The average Bonchev–Trinajstić information content (AvgIpc) is 3.13. The van der Waals surface area contributed by atoms with Gasteiger partial charge in [-0.05, 0) is 25.5 Å². The maximum Gasteiger partial charge on any atom is 0.165 e. The molecular formula is C14H17NO. The topological polar surface area (TPSA) is 29.1 Å². The van der Waals surface area contributed by atoms with Gasteiger partial charge in [0.2, 0.25) is 0 Å². The van der Waals surface area contributed by atoms with Crippen LogP contribution in [0.5, 0.6) is 0 Å². The summed E-state index contributed by atoms with van der Waals surface area (Å²) in [6.07, 6.45) is 6.27. The van der Waals surface area contributed by atoms with Crippen LogP contribution in [0.4, 0.5) is 0 Å². The summed E-state index contributed by atoms with van der Waals surface area (Å²) in [7, 11) is 1.92. The summed E-state index contributed by atoms with van der Waals surface area (Å²) in [5.41, 5.74) is 2.00. The summed E-state index contributed by atoms with van der Waals surface area (Å²) < 4.78 is 0. The molecule has 1 aromatic rings. The third-order valence-corrected chi connectivity index (χ3v) is 2.78. The second-order valence-electron chi connectivity index (χ2n) is 4.22. The number of nitrogens with one attached hydrogen (secondary N) is 1. The molecule has 1 saturated carbocycles. The molecule has 0 aliphatic heterocycles. The zero-order valence-electron chi connectivity index (χ0n) is 9.57.